The Morgan fingerprint density at radius 1 is 1.23 bits per heavy atom. The third kappa shape index (κ3) is 5.28. The van der Waals surface area contributed by atoms with Gasteiger partial charge in [0.25, 0.3) is 11.6 Å². The molecule has 0 bridgehead atoms. The summed E-state index contributed by atoms with van der Waals surface area (Å²) in [5.74, 6) is -1.39. The molecule has 130 valence electrons. The summed E-state index contributed by atoms with van der Waals surface area (Å²) in [5, 5.41) is 22.2. The van der Waals surface area contributed by atoms with Gasteiger partial charge in [-0.2, -0.15) is 5.26 Å². The van der Waals surface area contributed by atoms with Crippen LogP contribution in [0.25, 0.3) is 6.08 Å². The lowest BCUT2D eigenvalue weighted by Crippen LogP contribution is -2.20. The fourth-order valence-electron chi connectivity index (χ4n) is 2.00. The highest BCUT2D eigenvalue weighted by Gasteiger charge is 2.10. The highest BCUT2D eigenvalue weighted by atomic mass is 16.6. The quantitative estimate of drug-likeness (QED) is 0.369. The second kappa shape index (κ2) is 8.75. The van der Waals surface area contributed by atoms with E-state index < -0.39 is 23.4 Å². The first-order valence-electron chi connectivity index (χ1n) is 7.38. The topological polar surface area (TPSA) is 122 Å². The lowest BCUT2D eigenvalue weighted by atomic mass is 10.1. The third-order valence-electron chi connectivity index (χ3n) is 3.15. The van der Waals surface area contributed by atoms with Crippen LogP contribution in [0.1, 0.15) is 11.1 Å². The number of anilines is 1. The van der Waals surface area contributed by atoms with Crippen LogP contribution in [0.15, 0.2) is 54.6 Å². The van der Waals surface area contributed by atoms with Gasteiger partial charge in [0.2, 0.25) is 0 Å². The van der Waals surface area contributed by atoms with Crippen molar-refractivity contribution in [2.24, 2.45) is 0 Å². The first kappa shape index (κ1) is 18.4. The Balaban J connectivity index is 1.89. The van der Waals surface area contributed by atoms with Crippen molar-refractivity contribution in [1.29, 1.82) is 5.26 Å². The molecule has 0 aliphatic heterocycles. The summed E-state index contributed by atoms with van der Waals surface area (Å²) in [4.78, 5) is 33.7. The molecular formula is C18H13N3O5. The number of ether oxygens (including phenoxy) is 1. The molecule has 2 aromatic carbocycles. The average Bonchev–Trinajstić information content (AvgIpc) is 2.65. The van der Waals surface area contributed by atoms with E-state index in [2.05, 4.69) is 5.32 Å². The Labute approximate surface area is 148 Å². The Kier molecular flexibility index (Phi) is 6.17. The predicted molar refractivity (Wildman–Crippen MR) is 92.9 cm³/mol. The van der Waals surface area contributed by atoms with Crippen molar-refractivity contribution in [2.45, 2.75) is 0 Å². The van der Waals surface area contributed by atoms with Crippen LogP contribution in [0.5, 0.6) is 0 Å². The third-order valence-corrected chi connectivity index (χ3v) is 3.15. The van der Waals surface area contributed by atoms with Gasteiger partial charge in [-0.05, 0) is 30.3 Å². The van der Waals surface area contributed by atoms with E-state index in [0.717, 1.165) is 6.08 Å². The number of rotatable bonds is 6. The first-order chi connectivity index (χ1) is 12.5. The van der Waals surface area contributed by atoms with Crippen molar-refractivity contribution in [1.82, 2.24) is 0 Å². The van der Waals surface area contributed by atoms with Gasteiger partial charge in [0.15, 0.2) is 6.61 Å². The molecule has 0 heterocycles. The van der Waals surface area contributed by atoms with Crippen LogP contribution >= 0.6 is 0 Å². The summed E-state index contributed by atoms with van der Waals surface area (Å²) in [7, 11) is 0. The highest BCUT2D eigenvalue weighted by molar-refractivity contribution is 5.94. The van der Waals surface area contributed by atoms with Crippen LogP contribution in [0.2, 0.25) is 0 Å². The summed E-state index contributed by atoms with van der Waals surface area (Å²) < 4.78 is 4.78. The molecule has 1 N–H and O–H groups in total. The molecule has 0 aliphatic carbocycles. The van der Waals surface area contributed by atoms with E-state index in [0.29, 0.717) is 11.3 Å². The zero-order valence-electron chi connectivity index (χ0n) is 13.4. The van der Waals surface area contributed by atoms with E-state index in [1.54, 1.807) is 24.3 Å². The Morgan fingerprint density at radius 2 is 2.00 bits per heavy atom. The molecule has 0 aromatic heterocycles. The zero-order chi connectivity index (χ0) is 18.9. The molecule has 2 rings (SSSR count). The lowest BCUT2D eigenvalue weighted by Gasteiger charge is -2.05. The van der Waals surface area contributed by atoms with Crippen molar-refractivity contribution in [3.05, 3.63) is 75.8 Å². The van der Waals surface area contributed by atoms with Crippen LogP contribution in [-0.2, 0) is 14.3 Å². The van der Waals surface area contributed by atoms with Gasteiger partial charge in [0.1, 0.15) is 0 Å². The van der Waals surface area contributed by atoms with E-state index in [-0.39, 0.29) is 11.3 Å². The molecular weight excluding hydrogens is 338 g/mol. The molecule has 0 saturated heterocycles. The van der Waals surface area contributed by atoms with E-state index >= 15 is 0 Å². The van der Waals surface area contributed by atoms with Crippen LogP contribution in [0.4, 0.5) is 11.4 Å². The first-order valence-corrected chi connectivity index (χ1v) is 7.38. The number of nitrogens with zero attached hydrogens (tertiary/aromatic N) is 2. The standard InChI is InChI=1S/C18H13N3O5/c19-11-13-4-3-6-15(10-13)20-17(22)12-26-18(23)9-8-14-5-1-2-7-16(14)21(24)25/h1-10H,12H2,(H,20,22)/b9-8+. The van der Waals surface area contributed by atoms with Crippen molar-refractivity contribution in [3.8, 4) is 6.07 Å². The molecule has 0 radical (unpaired) electrons. The van der Waals surface area contributed by atoms with Crippen molar-refractivity contribution < 1.29 is 19.2 Å². The van der Waals surface area contributed by atoms with Gasteiger partial charge >= 0.3 is 5.97 Å². The van der Waals surface area contributed by atoms with E-state index in [9.17, 15) is 19.7 Å². The summed E-state index contributed by atoms with van der Waals surface area (Å²) >= 11 is 0. The van der Waals surface area contributed by atoms with Gasteiger partial charge in [-0.1, -0.05) is 18.2 Å². The predicted octanol–water partition coefficient (Wildman–Crippen LogP) is 2.66. The number of benzene rings is 2. The minimum atomic E-state index is -0.816. The van der Waals surface area contributed by atoms with Crippen LogP contribution in [-0.4, -0.2) is 23.4 Å². The SMILES string of the molecule is N#Cc1cccc(NC(=O)COC(=O)/C=C/c2ccccc2[N+](=O)[O-])c1. The Morgan fingerprint density at radius 3 is 2.73 bits per heavy atom. The number of nitriles is 1. The van der Waals surface area contributed by atoms with Crippen molar-refractivity contribution in [3.63, 3.8) is 0 Å². The van der Waals surface area contributed by atoms with Gasteiger partial charge in [0, 0.05) is 17.8 Å². The molecule has 8 heteroatoms. The molecule has 0 saturated carbocycles. The average molecular weight is 351 g/mol. The number of amides is 1. The molecule has 0 spiro atoms. The largest absolute Gasteiger partial charge is 0.452 e. The zero-order valence-corrected chi connectivity index (χ0v) is 13.4. The summed E-state index contributed by atoms with van der Waals surface area (Å²) in [5.41, 5.74) is 0.881. The van der Waals surface area contributed by atoms with Gasteiger partial charge in [0.05, 0.1) is 22.1 Å². The molecule has 8 nitrogen and oxygen atoms in total. The van der Waals surface area contributed by atoms with Crippen LogP contribution in [0, 0.1) is 21.4 Å². The minimum Gasteiger partial charge on any atom is -0.452 e. The van der Waals surface area contributed by atoms with Crippen molar-refractivity contribution in [2.75, 3.05) is 11.9 Å². The molecule has 0 atom stereocenters. The van der Waals surface area contributed by atoms with Crippen LogP contribution in [0.3, 0.4) is 0 Å². The van der Waals surface area contributed by atoms with Crippen LogP contribution < -0.4 is 5.32 Å². The molecule has 2 aromatic rings. The molecule has 26 heavy (non-hydrogen) atoms. The number of carbonyl (C=O) groups is 2. The highest BCUT2D eigenvalue weighted by Crippen LogP contribution is 2.18. The second-order valence-electron chi connectivity index (χ2n) is 5.00. The number of hydrogen-bond acceptors (Lipinski definition) is 6. The Bertz CT molecular complexity index is 915. The van der Waals surface area contributed by atoms with Gasteiger partial charge in [-0.3, -0.25) is 14.9 Å². The fourth-order valence-corrected chi connectivity index (χ4v) is 2.00. The maximum Gasteiger partial charge on any atom is 0.331 e. The Hall–Kier alpha value is -3.99. The number of esters is 1. The fraction of sp³-hybridized carbons (Fsp3) is 0.0556. The smallest absolute Gasteiger partial charge is 0.331 e. The maximum atomic E-state index is 11.7. The monoisotopic (exact) mass is 351 g/mol. The normalized spacial score (nSPS) is 10.1. The number of nitro groups is 1. The minimum absolute atomic E-state index is 0.147. The maximum absolute atomic E-state index is 11.7. The van der Waals surface area contributed by atoms with Gasteiger partial charge < -0.3 is 10.1 Å². The van der Waals surface area contributed by atoms with E-state index in [1.165, 1.54) is 30.3 Å². The summed E-state index contributed by atoms with van der Waals surface area (Å²) in [6.07, 6.45) is 2.25. The number of para-hydroxylation sites is 1. The molecule has 0 fully saturated rings. The summed E-state index contributed by atoms with van der Waals surface area (Å²) in [6, 6.07) is 14.1. The summed E-state index contributed by atoms with van der Waals surface area (Å²) in [6.45, 7) is -0.531. The van der Waals surface area contributed by atoms with Gasteiger partial charge in [-0.15, -0.1) is 0 Å². The van der Waals surface area contributed by atoms with Crippen molar-refractivity contribution >= 4 is 29.3 Å². The molecule has 1 amide bonds. The molecule has 0 unspecified atom stereocenters. The van der Waals surface area contributed by atoms with Gasteiger partial charge in [-0.25, -0.2) is 4.79 Å². The second-order valence-corrected chi connectivity index (χ2v) is 5.00. The number of hydrogen-bond donors (Lipinski definition) is 1. The lowest BCUT2D eigenvalue weighted by molar-refractivity contribution is -0.385. The molecule has 0 aliphatic rings. The number of nitrogens with one attached hydrogen (secondary N) is 1. The number of nitro benzene ring substituents is 1. The van der Waals surface area contributed by atoms with E-state index in [4.69, 9.17) is 10.00 Å². The number of carbonyl (C=O) groups excluding carboxylic acids is 2. The van der Waals surface area contributed by atoms with E-state index in [1.807, 2.05) is 6.07 Å².